The number of amides is 1. The van der Waals surface area contributed by atoms with Gasteiger partial charge in [0.2, 0.25) is 5.91 Å². The number of para-hydroxylation sites is 1. The molecule has 3 aromatic rings. The first-order valence-electron chi connectivity index (χ1n) is 9.49. The lowest BCUT2D eigenvalue weighted by atomic mass is 10.1. The van der Waals surface area contributed by atoms with Crippen LogP contribution in [0.4, 0.5) is 0 Å². The number of hydrogen-bond acceptors (Lipinski definition) is 3. The predicted octanol–water partition coefficient (Wildman–Crippen LogP) is 2.86. The summed E-state index contributed by atoms with van der Waals surface area (Å²) >= 11 is 0. The summed E-state index contributed by atoms with van der Waals surface area (Å²) in [6.07, 6.45) is 0.802. The SMILES string of the molecule is CCCNC(=O)C(C)n1c(=O)n(-c2cccc(C)c2C)c(=O)c2ccccc21. The third-order valence-electron chi connectivity index (χ3n) is 5.13. The van der Waals surface area contributed by atoms with Gasteiger partial charge < -0.3 is 5.32 Å². The zero-order valence-electron chi connectivity index (χ0n) is 16.7. The van der Waals surface area contributed by atoms with Gasteiger partial charge in [-0.25, -0.2) is 9.36 Å². The van der Waals surface area contributed by atoms with E-state index >= 15 is 0 Å². The molecule has 0 spiro atoms. The topological polar surface area (TPSA) is 73.1 Å². The maximum absolute atomic E-state index is 13.4. The lowest BCUT2D eigenvalue weighted by Crippen LogP contribution is -2.44. The van der Waals surface area contributed by atoms with Crippen LogP contribution in [-0.2, 0) is 4.79 Å². The minimum Gasteiger partial charge on any atom is -0.354 e. The molecule has 1 heterocycles. The predicted molar refractivity (Wildman–Crippen MR) is 111 cm³/mol. The Morgan fingerprint density at radius 1 is 1.07 bits per heavy atom. The van der Waals surface area contributed by atoms with Gasteiger partial charge in [0.25, 0.3) is 5.56 Å². The van der Waals surface area contributed by atoms with Crippen LogP contribution in [0.5, 0.6) is 0 Å². The van der Waals surface area contributed by atoms with Crippen LogP contribution in [0.1, 0.15) is 37.4 Å². The monoisotopic (exact) mass is 379 g/mol. The standard InChI is InChI=1S/C22H25N3O3/c1-5-13-23-20(26)16(4)24-19-11-7-6-10-17(19)21(27)25(22(24)28)18-12-8-9-14(2)15(18)3/h6-12,16H,5,13H2,1-4H3,(H,23,26). The van der Waals surface area contributed by atoms with Gasteiger partial charge in [0, 0.05) is 6.54 Å². The van der Waals surface area contributed by atoms with Crippen molar-refractivity contribution in [3.63, 3.8) is 0 Å². The van der Waals surface area contributed by atoms with E-state index in [1.807, 2.05) is 32.9 Å². The lowest BCUT2D eigenvalue weighted by molar-refractivity contribution is -0.123. The van der Waals surface area contributed by atoms with Crippen molar-refractivity contribution in [1.29, 1.82) is 0 Å². The van der Waals surface area contributed by atoms with Crippen LogP contribution in [-0.4, -0.2) is 21.6 Å². The second-order valence-corrected chi connectivity index (χ2v) is 7.00. The quantitative estimate of drug-likeness (QED) is 0.741. The number of rotatable bonds is 5. The van der Waals surface area contributed by atoms with Crippen LogP contribution >= 0.6 is 0 Å². The lowest BCUT2D eigenvalue weighted by Gasteiger charge is -2.20. The number of carbonyl (C=O) groups is 1. The van der Waals surface area contributed by atoms with Gasteiger partial charge in [0.15, 0.2) is 0 Å². The highest BCUT2D eigenvalue weighted by Crippen LogP contribution is 2.18. The molecule has 28 heavy (non-hydrogen) atoms. The van der Waals surface area contributed by atoms with Crippen molar-refractivity contribution in [3.8, 4) is 5.69 Å². The number of aryl methyl sites for hydroxylation is 1. The van der Waals surface area contributed by atoms with E-state index in [1.54, 1.807) is 37.3 Å². The molecule has 146 valence electrons. The fraction of sp³-hybridized carbons (Fsp3) is 0.318. The summed E-state index contributed by atoms with van der Waals surface area (Å²) in [6.45, 7) is 7.99. The minimum atomic E-state index is -0.749. The highest BCUT2D eigenvalue weighted by molar-refractivity contribution is 5.84. The Balaban J connectivity index is 2.36. The Morgan fingerprint density at radius 3 is 2.50 bits per heavy atom. The van der Waals surface area contributed by atoms with Crippen LogP contribution in [0.2, 0.25) is 0 Å². The summed E-state index contributed by atoms with van der Waals surface area (Å²) in [5, 5.41) is 3.23. The molecule has 6 nitrogen and oxygen atoms in total. The van der Waals surface area contributed by atoms with Gasteiger partial charge in [-0.1, -0.05) is 31.2 Å². The first-order chi connectivity index (χ1) is 13.4. The van der Waals surface area contributed by atoms with Crippen molar-refractivity contribution in [3.05, 3.63) is 74.4 Å². The molecule has 0 aliphatic rings. The molecular formula is C22H25N3O3. The van der Waals surface area contributed by atoms with Crippen molar-refractivity contribution < 1.29 is 4.79 Å². The number of fused-ring (bicyclic) bond motifs is 1. The Hall–Kier alpha value is -3.15. The normalized spacial score (nSPS) is 12.1. The summed E-state index contributed by atoms with van der Waals surface area (Å²) in [5.41, 5.74) is 1.93. The van der Waals surface area contributed by atoms with Crippen LogP contribution in [0, 0.1) is 13.8 Å². The van der Waals surface area contributed by atoms with E-state index in [0.717, 1.165) is 17.5 Å². The molecule has 1 amide bonds. The van der Waals surface area contributed by atoms with Crippen LogP contribution < -0.4 is 16.6 Å². The Bertz CT molecular complexity index is 1160. The summed E-state index contributed by atoms with van der Waals surface area (Å²) in [4.78, 5) is 39.2. The summed E-state index contributed by atoms with van der Waals surface area (Å²) in [7, 11) is 0. The van der Waals surface area contributed by atoms with Gasteiger partial charge in [0.1, 0.15) is 6.04 Å². The zero-order chi connectivity index (χ0) is 20.4. The molecule has 1 aromatic heterocycles. The van der Waals surface area contributed by atoms with Gasteiger partial charge in [-0.2, -0.15) is 0 Å². The molecule has 1 N–H and O–H groups in total. The Morgan fingerprint density at radius 2 is 1.79 bits per heavy atom. The fourth-order valence-electron chi connectivity index (χ4n) is 3.36. The summed E-state index contributed by atoms with van der Waals surface area (Å²) < 4.78 is 2.58. The highest BCUT2D eigenvalue weighted by Gasteiger charge is 2.23. The number of carbonyl (C=O) groups excluding carboxylic acids is 1. The molecule has 2 aromatic carbocycles. The fourth-order valence-corrected chi connectivity index (χ4v) is 3.36. The van der Waals surface area contributed by atoms with E-state index in [2.05, 4.69) is 5.32 Å². The Kier molecular flexibility index (Phi) is 5.49. The molecule has 3 rings (SSSR count). The number of aromatic nitrogens is 2. The summed E-state index contributed by atoms with van der Waals surface area (Å²) in [6, 6.07) is 11.7. The smallest absolute Gasteiger partial charge is 0.336 e. The van der Waals surface area contributed by atoms with Crippen molar-refractivity contribution in [2.24, 2.45) is 0 Å². The van der Waals surface area contributed by atoms with Crippen molar-refractivity contribution in [2.75, 3.05) is 6.54 Å². The van der Waals surface area contributed by atoms with Crippen LogP contribution in [0.15, 0.2) is 52.1 Å². The van der Waals surface area contributed by atoms with E-state index < -0.39 is 11.7 Å². The molecule has 0 aliphatic heterocycles. The summed E-state index contributed by atoms with van der Waals surface area (Å²) in [5.74, 6) is -0.250. The van der Waals surface area contributed by atoms with Crippen molar-refractivity contribution in [1.82, 2.24) is 14.5 Å². The maximum Gasteiger partial charge on any atom is 0.336 e. The van der Waals surface area contributed by atoms with E-state index in [4.69, 9.17) is 0 Å². The second-order valence-electron chi connectivity index (χ2n) is 7.00. The zero-order valence-corrected chi connectivity index (χ0v) is 16.7. The maximum atomic E-state index is 13.4. The van der Waals surface area contributed by atoms with E-state index in [0.29, 0.717) is 23.1 Å². The first-order valence-corrected chi connectivity index (χ1v) is 9.49. The molecule has 0 fully saturated rings. The number of nitrogens with zero attached hydrogens (tertiary/aromatic N) is 2. The van der Waals surface area contributed by atoms with Gasteiger partial charge >= 0.3 is 5.69 Å². The molecule has 0 aliphatic carbocycles. The van der Waals surface area contributed by atoms with Crippen LogP contribution in [0.3, 0.4) is 0 Å². The number of hydrogen-bond donors (Lipinski definition) is 1. The van der Waals surface area contributed by atoms with Gasteiger partial charge in [-0.15, -0.1) is 0 Å². The Labute approximate surface area is 163 Å². The third-order valence-corrected chi connectivity index (χ3v) is 5.13. The molecule has 0 bridgehead atoms. The average molecular weight is 379 g/mol. The minimum absolute atomic E-state index is 0.250. The van der Waals surface area contributed by atoms with Gasteiger partial charge in [0.05, 0.1) is 16.6 Å². The molecular weight excluding hydrogens is 354 g/mol. The molecule has 1 unspecified atom stereocenters. The molecule has 0 saturated heterocycles. The first kappa shape index (κ1) is 19.6. The number of nitrogens with one attached hydrogen (secondary N) is 1. The molecule has 1 atom stereocenters. The number of benzene rings is 2. The van der Waals surface area contributed by atoms with Crippen molar-refractivity contribution in [2.45, 2.75) is 40.2 Å². The second kappa shape index (κ2) is 7.84. The van der Waals surface area contributed by atoms with E-state index in [9.17, 15) is 14.4 Å². The largest absolute Gasteiger partial charge is 0.354 e. The van der Waals surface area contributed by atoms with Crippen molar-refractivity contribution >= 4 is 16.8 Å². The van der Waals surface area contributed by atoms with E-state index in [1.165, 1.54) is 9.13 Å². The van der Waals surface area contributed by atoms with E-state index in [-0.39, 0.29) is 11.5 Å². The molecule has 0 saturated carbocycles. The van der Waals surface area contributed by atoms with Gasteiger partial charge in [-0.05, 0) is 56.5 Å². The average Bonchev–Trinajstić information content (AvgIpc) is 2.69. The van der Waals surface area contributed by atoms with Gasteiger partial charge in [-0.3, -0.25) is 14.2 Å². The highest BCUT2D eigenvalue weighted by atomic mass is 16.2. The third kappa shape index (κ3) is 3.26. The molecule has 6 heteroatoms. The van der Waals surface area contributed by atoms with Crippen LogP contribution in [0.25, 0.3) is 16.6 Å². The molecule has 0 radical (unpaired) electrons.